The normalized spacial score (nSPS) is 11.7. The van der Waals surface area contributed by atoms with Gasteiger partial charge in [-0.3, -0.25) is 0 Å². The van der Waals surface area contributed by atoms with Gasteiger partial charge < -0.3 is 14.2 Å². The smallest absolute Gasteiger partial charge is 0.438 e. The largest absolute Gasteiger partial charge is 0.508 e. The van der Waals surface area contributed by atoms with E-state index < -0.39 is 6.16 Å². The van der Waals surface area contributed by atoms with Gasteiger partial charge in [0.25, 0.3) is 0 Å². The minimum atomic E-state index is -0.672. The van der Waals surface area contributed by atoms with E-state index >= 15 is 0 Å². The number of methoxy groups -OCH3 is 1. The molecule has 0 saturated carbocycles. The first-order valence-corrected chi connectivity index (χ1v) is 5.01. The molecular formula is C11H20O4. The van der Waals surface area contributed by atoms with Crippen molar-refractivity contribution in [1.29, 1.82) is 0 Å². The molecule has 0 rings (SSSR count). The number of hydrogen-bond acceptors (Lipinski definition) is 4. The third-order valence-electron chi connectivity index (χ3n) is 2.05. The summed E-state index contributed by atoms with van der Waals surface area (Å²) in [6.45, 7) is 6.87. The first-order chi connectivity index (χ1) is 7.02. The molecule has 0 amide bonds. The molecule has 0 unspecified atom stereocenters. The fraction of sp³-hybridized carbons (Fsp3) is 0.727. The first kappa shape index (κ1) is 14.0. The molecule has 15 heavy (non-hydrogen) atoms. The second-order valence-electron chi connectivity index (χ2n) is 3.66. The maximum Gasteiger partial charge on any atom is 0.508 e. The predicted molar refractivity (Wildman–Crippen MR) is 57.8 cm³/mol. The average Bonchev–Trinajstić information content (AvgIpc) is 2.22. The number of ether oxygens (including phenoxy) is 3. The molecule has 88 valence electrons. The number of hydrogen-bond donors (Lipinski definition) is 0. The van der Waals surface area contributed by atoms with Gasteiger partial charge in [0.2, 0.25) is 0 Å². The SMILES string of the molecule is CCC(C)(C)OC/C=C/COC(=O)OC. The van der Waals surface area contributed by atoms with Gasteiger partial charge in [0, 0.05) is 0 Å². The Kier molecular flexibility index (Phi) is 6.79. The molecule has 0 atom stereocenters. The van der Waals surface area contributed by atoms with E-state index in [1.807, 2.05) is 19.9 Å². The standard InChI is InChI=1S/C11H20O4/c1-5-11(2,3)15-9-7-6-8-14-10(12)13-4/h6-7H,5,8-9H2,1-4H3/b7-6+. The van der Waals surface area contributed by atoms with Crippen LogP contribution in [0.5, 0.6) is 0 Å². The molecule has 0 fully saturated rings. The van der Waals surface area contributed by atoms with Crippen molar-refractivity contribution in [2.45, 2.75) is 32.8 Å². The molecule has 4 heteroatoms. The number of carbonyl (C=O) groups excluding carboxylic acids is 1. The fourth-order valence-electron chi connectivity index (χ4n) is 0.687. The summed E-state index contributed by atoms with van der Waals surface area (Å²) in [5.74, 6) is 0. The van der Waals surface area contributed by atoms with Crippen LogP contribution in [0.4, 0.5) is 4.79 Å². The lowest BCUT2D eigenvalue weighted by Crippen LogP contribution is -2.22. The molecule has 0 aromatic heterocycles. The monoisotopic (exact) mass is 216 g/mol. The lowest BCUT2D eigenvalue weighted by Gasteiger charge is -2.22. The topological polar surface area (TPSA) is 44.8 Å². The Morgan fingerprint density at radius 3 is 2.40 bits per heavy atom. The highest BCUT2D eigenvalue weighted by molar-refractivity contribution is 5.59. The lowest BCUT2D eigenvalue weighted by atomic mass is 10.1. The van der Waals surface area contributed by atoms with Crippen LogP contribution in [0, 0.1) is 0 Å². The van der Waals surface area contributed by atoms with Crippen LogP contribution in [0.3, 0.4) is 0 Å². The van der Waals surface area contributed by atoms with Crippen molar-refractivity contribution in [1.82, 2.24) is 0 Å². The number of rotatable bonds is 6. The molecular weight excluding hydrogens is 196 g/mol. The minimum absolute atomic E-state index is 0.104. The fourth-order valence-corrected chi connectivity index (χ4v) is 0.687. The molecule has 0 aliphatic rings. The first-order valence-electron chi connectivity index (χ1n) is 5.01. The third kappa shape index (κ3) is 8.00. The Balaban J connectivity index is 3.51. The lowest BCUT2D eigenvalue weighted by molar-refractivity contribution is -0.00372. The summed E-state index contributed by atoms with van der Waals surface area (Å²) in [5.41, 5.74) is -0.104. The Morgan fingerprint density at radius 1 is 1.27 bits per heavy atom. The van der Waals surface area contributed by atoms with Crippen LogP contribution in [0.25, 0.3) is 0 Å². The molecule has 0 saturated heterocycles. The highest BCUT2D eigenvalue weighted by atomic mass is 16.7. The zero-order valence-corrected chi connectivity index (χ0v) is 9.91. The molecule has 0 spiro atoms. The molecule has 0 aromatic carbocycles. The van der Waals surface area contributed by atoms with Crippen molar-refractivity contribution < 1.29 is 19.0 Å². The van der Waals surface area contributed by atoms with E-state index in [1.165, 1.54) is 7.11 Å². The Bertz CT molecular complexity index is 209. The van der Waals surface area contributed by atoms with Crippen molar-refractivity contribution in [2.24, 2.45) is 0 Å². The van der Waals surface area contributed by atoms with Crippen LogP contribution in [-0.4, -0.2) is 32.1 Å². The van der Waals surface area contributed by atoms with E-state index in [-0.39, 0.29) is 12.2 Å². The molecule has 0 heterocycles. The van der Waals surface area contributed by atoms with Gasteiger partial charge in [-0.1, -0.05) is 13.0 Å². The van der Waals surface area contributed by atoms with Gasteiger partial charge in [0.1, 0.15) is 6.61 Å². The van der Waals surface area contributed by atoms with Gasteiger partial charge in [-0.15, -0.1) is 0 Å². The van der Waals surface area contributed by atoms with Crippen molar-refractivity contribution >= 4 is 6.16 Å². The van der Waals surface area contributed by atoms with Crippen molar-refractivity contribution in [3.05, 3.63) is 12.2 Å². The quantitative estimate of drug-likeness (QED) is 0.505. The second-order valence-corrected chi connectivity index (χ2v) is 3.66. The van der Waals surface area contributed by atoms with E-state index in [0.717, 1.165) is 6.42 Å². The minimum Gasteiger partial charge on any atom is -0.438 e. The van der Waals surface area contributed by atoms with E-state index in [9.17, 15) is 4.79 Å². The summed E-state index contributed by atoms with van der Waals surface area (Å²) in [7, 11) is 1.28. The van der Waals surface area contributed by atoms with E-state index in [2.05, 4.69) is 16.4 Å². The molecule has 0 N–H and O–H groups in total. The molecule has 4 nitrogen and oxygen atoms in total. The van der Waals surface area contributed by atoms with Gasteiger partial charge in [0.15, 0.2) is 0 Å². The molecule has 0 radical (unpaired) electrons. The highest BCUT2D eigenvalue weighted by Gasteiger charge is 2.13. The third-order valence-corrected chi connectivity index (χ3v) is 2.05. The van der Waals surface area contributed by atoms with Gasteiger partial charge >= 0.3 is 6.16 Å². The van der Waals surface area contributed by atoms with Crippen molar-refractivity contribution in [2.75, 3.05) is 20.3 Å². The van der Waals surface area contributed by atoms with E-state index in [1.54, 1.807) is 6.08 Å². The van der Waals surface area contributed by atoms with Crippen LogP contribution in [-0.2, 0) is 14.2 Å². The van der Waals surface area contributed by atoms with Crippen LogP contribution < -0.4 is 0 Å². The van der Waals surface area contributed by atoms with Crippen LogP contribution in [0.1, 0.15) is 27.2 Å². The second kappa shape index (κ2) is 7.29. The molecule has 0 aliphatic heterocycles. The van der Waals surface area contributed by atoms with Gasteiger partial charge in [0.05, 0.1) is 19.3 Å². The Hall–Kier alpha value is -1.03. The van der Waals surface area contributed by atoms with Gasteiger partial charge in [-0.25, -0.2) is 4.79 Å². The molecule has 0 aliphatic carbocycles. The van der Waals surface area contributed by atoms with Gasteiger partial charge in [-0.05, 0) is 26.3 Å². The van der Waals surface area contributed by atoms with E-state index in [4.69, 9.17) is 4.74 Å². The highest BCUT2D eigenvalue weighted by Crippen LogP contribution is 2.12. The van der Waals surface area contributed by atoms with Crippen molar-refractivity contribution in [3.63, 3.8) is 0 Å². The molecule has 0 aromatic rings. The van der Waals surface area contributed by atoms with Gasteiger partial charge in [-0.2, -0.15) is 0 Å². The van der Waals surface area contributed by atoms with E-state index in [0.29, 0.717) is 6.61 Å². The predicted octanol–water partition coefficient (Wildman–Crippen LogP) is 2.53. The summed E-state index contributed by atoms with van der Waals surface area (Å²) >= 11 is 0. The Morgan fingerprint density at radius 2 is 1.87 bits per heavy atom. The number of carbonyl (C=O) groups is 1. The summed E-state index contributed by atoms with van der Waals surface area (Å²) in [4.78, 5) is 10.5. The summed E-state index contributed by atoms with van der Waals surface area (Å²) in [5, 5.41) is 0. The Labute approximate surface area is 91.2 Å². The van der Waals surface area contributed by atoms with Crippen LogP contribution in [0.2, 0.25) is 0 Å². The summed E-state index contributed by atoms with van der Waals surface area (Å²) in [6.07, 6.45) is 3.83. The zero-order chi connectivity index (χ0) is 11.7. The molecule has 0 bridgehead atoms. The van der Waals surface area contributed by atoms with Crippen molar-refractivity contribution in [3.8, 4) is 0 Å². The maximum atomic E-state index is 10.5. The van der Waals surface area contributed by atoms with Crippen LogP contribution >= 0.6 is 0 Å². The maximum absolute atomic E-state index is 10.5. The summed E-state index contributed by atoms with van der Waals surface area (Å²) in [6, 6.07) is 0. The van der Waals surface area contributed by atoms with Crippen LogP contribution in [0.15, 0.2) is 12.2 Å². The average molecular weight is 216 g/mol. The summed E-state index contributed by atoms with van der Waals surface area (Å²) < 4.78 is 14.5. The zero-order valence-electron chi connectivity index (χ0n) is 9.91.